The summed E-state index contributed by atoms with van der Waals surface area (Å²) in [7, 11) is 0. The lowest BCUT2D eigenvalue weighted by Gasteiger charge is -2.20. The highest BCUT2D eigenvalue weighted by molar-refractivity contribution is 9.10. The number of phenols is 1. The van der Waals surface area contributed by atoms with Crippen LogP contribution in [-0.4, -0.2) is 5.11 Å². The monoisotopic (exact) mass is 325 g/mol. The van der Waals surface area contributed by atoms with Gasteiger partial charge in [0.1, 0.15) is 5.75 Å². The molecule has 0 aliphatic carbocycles. The van der Waals surface area contributed by atoms with Crippen LogP contribution in [0.4, 0.5) is 0 Å². The third kappa shape index (κ3) is 3.13. The fraction of sp³-hybridized carbons (Fsp3) is 0.286. The van der Waals surface area contributed by atoms with Crippen molar-refractivity contribution in [2.75, 3.05) is 0 Å². The van der Waals surface area contributed by atoms with E-state index in [9.17, 15) is 5.11 Å². The molecule has 0 aliphatic heterocycles. The van der Waals surface area contributed by atoms with Crippen LogP contribution in [0.15, 0.2) is 40.2 Å². The van der Waals surface area contributed by atoms with E-state index in [0.717, 1.165) is 10.0 Å². The zero-order valence-corrected chi connectivity index (χ0v) is 12.8. The van der Waals surface area contributed by atoms with Gasteiger partial charge in [-0.1, -0.05) is 12.1 Å². The Morgan fingerprint density at radius 2 is 2.00 bits per heavy atom. The molecule has 0 saturated carbocycles. The van der Waals surface area contributed by atoms with Crippen molar-refractivity contribution < 1.29 is 5.11 Å². The van der Waals surface area contributed by atoms with Gasteiger partial charge in [0.2, 0.25) is 0 Å². The van der Waals surface area contributed by atoms with Crippen LogP contribution in [0, 0.1) is 0 Å². The first kappa shape index (κ1) is 13.6. The topological polar surface area (TPSA) is 32.3 Å². The maximum atomic E-state index is 9.49. The second kappa shape index (κ2) is 5.87. The van der Waals surface area contributed by atoms with Crippen LogP contribution in [0.3, 0.4) is 0 Å². The Hall–Kier alpha value is -0.840. The summed E-state index contributed by atoms with van der Waals surface area (Å²) in [5.41, 5.74) is 1.09. The summed E-state index contributed by atoms with van der Waals surface area (Å²) in [6.45, 7) is 4.25. The molecule has 2 aromatic rings. The number of aromatic hydroxyl groups is 1. The Labute approximate surface area is 120 Å². The molecule has 96 valence electrons. The van der Waals surface area contributed by atoms with Gasteiger partial charge in [-0.3, -0.25) is 0 Å². The first-order chi connectivity index (χ1) is 8.58. The molecule has 2 unspecified atom stereocenters. The fourth-order valence-corrected chi connectivity index (χ4v) is 3.69. The minimum absolute atomic E-state index is 0.195. The number of hydrogen-bond donors (Lipinski definition) is 2. The van der Waals surface area contributed by atoms with E-state index in [-0.39, 0.29) is 12.1 Å². The normalized spacial score (nSPS) is 14.4. The maximum Gasteiger partial charge on any atom is 0.115 e. The lowest BCUT2D eigenvalue weighted by molar-refractivity contribution is 0.467. The molecule has 2 atom stereocenters. The number of benzene rings is 1. The molecular weight excluding hydrogens is 310 g/mol. The van der Waals surface area contributed by atoms with E-state index in [2.05, 4.69) is 46.5 Å². The zero-order chi connectivity index (χ0) is 13.1. The van der Waals surface area contributed by atoms with E-state index >= 15 is 0 Å². The average Bonchev–Trinajstić information content (AvgIpc) is 2.75. The minimum atomic E-state index is 0.195. The third-order valence-electron chi connectivity index (χ3n) is 2.91. The van der Waals surface area contributed by atoms with E-state index in [1.54, 1.807) is 23.5 Å². The van der Waals surface area contributed by atoms with Crippen LogP contribution < -0.4 is 5.32 Å². The molecule has 0 amide bonds. The molecule has 0 radical (unpaired) electrons. The molecule has 2 nitrogen and oxygen atoms in total. The van der Waals surface area contributed by atoms with E-state index in [1.807, 2.05) is 12.1 Å². The van der Waals surface area contributed by atoms with Crippen molar-refractivity contribution in [2.24, 2.45) is 0 Å². The van der Waals surface area contributed by atoms with Gasteiger partial charge in [-0.25, -0.2) is 0 Å². The van der Waals surface area contributed by atoms with Gasteiger partial charge in [0.05, 0.1) is 0 Å². The van der Waals surface area contributed by atoms with Gasteiger partial charge in [0, 0.05) is 21.4 Å². The Morgan fingerprint density at radius 3 is 2.61 bits per heavy atom. The summed E-state index contributed by atoms with van der Waals surface area (Å²) in [4.78, 5) is 1.29. The smallest absolute Gasteiger partial charge is 0.115 e. The van der Waals surface area contributed by atoms with Gasteiger partial charge in [0.15, 0.2) is 0 Å². The number of rotatable bonds is 4. The van der Waals surface area contributed by atoms with Gasteiger partial charge in [-0.2, -0.15) is 0 Å². The molecule has 0 fully saturated rings. The summed E-state index contributed by atoms with van der Waals surface area (Å²) < 4.78 is 1.15. The Kier molecular flexibility index (Phi) is 4.43. The van der Waals surface area contributed by atoms with E-state index in [0.29, 0.717) is 5.75 Å². The molecular formula is C14H16BrNOS. The highest BCUT2D eigenvalue weighted by Gasteiger charge is 2.14. The molecule has 0 aliphatic rings. The molecule has 4 heteroatoms. The van der Waals surface area contributed by atoms with Crippen molar-refractivity contribution in [1.82, 2.24) is 5.32 Å². The van der Waals surface area contributed by atoms with Gasteiger partial charge in [0.25, 0.3) is 0 Å². The molecule has 1 aromatic heterocycles. The number of thiophene rings is 1. The molecule has 1 heterocycles. The second-order valence-electron chi connectivity index (χ2n) is 4.34. The maximum absolute atomic E-state index is 9.49. The van der Waals surface area contributed by atoms with Crippen molar-refractivity contribution in [3.8, 4) is 5.75 Å². The summed E-state index contributed by atoms with van der Waals surface area (Å²) in [6, 6.07) is 9.92. The minimum Gasteiger partial charge on any atom is -0.508 e. The van der Waals surface area contributed by atoms with Crippen molar-refractivity contribution >= 4 is 27.3 Å². The van der Waals surface area contributed by atoms with Crippen LogP contribution in [0.5, 0.6) is 5.75 Å². The Bertz CT molecular complexity index is 526. The number of hydrogen-bond acceptors (Lipinski definition) is 3. The van der Waals surface area contributed by atoms with Gasteiger partial charge < -0.3 is 10.4 Å². The lowest BCUT2D eigenvalue weighted by Crippen LogP contribution is -2.21. The first-order valence-corrected chi connectivity index (χ1v) is 7.53. The summed E-state index contributed by atoms with van der Waals surface area (Å²) in [5, 5.41) is 15.1. The van der Waals surface area contributed by atoms with Crippen LogP contribution in [0.2, 0.25) is 0 Å². The fourth-order valence-electron chi connectivity index (χ4n) is 1.96. The van der Waals surface area contributed by atoms with Crippen LogP contribution in [-0.2, 0) is 0 Å². The molecule has 2 rings (SSSR count). The van der Waals surface area contributed by atoms with Crippen molar-refractivity contribution in [3.05, 3.63) is 50.6 Å². The van der Waals surface area contributed by atoms with E-state index < -0.39 is 0 Å². The largest absolute Gasteiger partial charge is 0.508 e. The predicted octanol–water partition coefficient (Wildman–Crippen LogP) is 4.63. The van der Waals surface area contributed by atoms with Gasteiger partial charge in [-0.15, -0.1) is 11.3 Å². The molecule has 0 saturated heterocycles. The summed E-state index contributed by atoms with van der Waals surface area (Å²) >= 11 is 5.29. The molecule has 2 N–H and O–H groups in total. The number of nitrogens with one attached hydrogen (secondary N) is 1. The van der Waals surface area contributed by atoms with Gasteiger partial charge >= 0.3 is 0 Å². The van der Waals surface area contributed by atoms with E-state index in [4.69, 9.17) is 0 Å². The highest BCUT2D eigenvalue weighted by atomic mass is 79.9. The lowest BCUT2D eigenvalue weighted by atomic mass is 10.1. The second-order valence-corrected chi connectivity index (χ2v) is 6.14. The van der Waals surface area contributed by atoms with Crippen LogP contribution in [0.1, 0.15) is 36.4 Å². The third-order valence-corrected chi connectivity index (χ3v) is 4.96. The van der Waals surface area contributed by atoms with Crippen molar-refractivity contribution in [2.45, 2.75) is 25.9 Å². The molecule has 18 heavy (non-hydrogen) atoms. The van der Waals surface area contributed by atoms with Gasteiger partial charge in [-0.05, 0) is 58.9 Å². The van der Waals surface area contributed by atoms with Crippen LogP contribution >= 0.6 is 27.3 Å². The number of phenolic OH excluding ortho intramolecular Hbond substituents is 1. The van der Waals surface area contributed by atoms with Crippen LogP contribution in [0.25, 0.3) is 0 Å². The molecule has 0 spiro atoms. The number of halogens is 1. The van der Waals surface area contributed by atoms with E-state index in [1.165, 1.54) is 4.88 Å². The first-order valence-electron chi connectivity index (χ1n) is 5.86. The molecule has 1 aromatic carbocycles. The SMILES string of the molecule is CC(NC(C)c1sccc1Br)c1cccc(O)c1. The highest BCUT2D eigenvalue weighted by Crippen LogP contribution is 2.30. The summed E-state index contributed by atoms with van der Waals surface area (Å²) in [6.07, 6.45) is 0. The average molecular weight is 326 g/mol. The molecule has 0 bridgehead atoms. The predicted molar refractivity (Wildman–Crippen MR) is 80.1 cm³/mol. The Morgan fingerprint density at radius 1 is 1.22 bits per heavy atom. The quantitative estimate of drug-likeness (QED) is 0.859. The zero-order valence-electron chi connectivity index (χ0n) is 10.4. The van der Waals surface area contributed by atoms with Crippen molar-refractivity contribution in [3.63, 3.8) is 0 Å². The Balaban J connectivity index is 2.08. The standard InChI is InChI=1S/C14H16BrNOS/c1-9(11-4-3-5-12(17)8-11)16-10(2)14-13(15)6-7-18-14/h3-10,16-17H,1-2H3. The summed E-state index contributed by atoms with van der Waals surface area (Å²) in [5.74, 6) is 0.311. The van der Waals surface area contributed by atoms with Crippen molar-refractivity contribution in [1.29, 1.82) is 0 Å².